The van der Waals surface area contributed by atoms with E-state index >= 15 is 0 Å². The first-order valence-electron chi connectivity index (χ1n) is 5.39. The monoisotopic (exact) mass is 294 g/mol. The van der Waals surface area contributed by atoms with Gasteiger partial charge >= 0.3 is 0 Å². The maximum Gasteiger partial charge on any atom is 0.150 e. The van der Waals surface area contributed by atoms with Crippen LogP contribution in [-0.4, -0.2) is 23.7 Å². The molecule has 3 nitrogen and oxygen atoms in total. The number of aromatic nitrogens is 1. The van der Waals surface area contributed by atoms with Crippen LogP contribution in [-0.2, 0) is 4.74 Å². The molecular formula is C11H13Cl3N2O. The van der Waals surface area contributed by atoms with Gasteiger partial charge in [0.1, 0.15) is 11.0 Å². The molecule has 1 aromatic rings. The molecule has 1 atom stereocenters. The highest BCUT2D eigenvalue weighted by molar-refractivity contribution is 6.42. The second-order valence-corrected chi connectivity index (χ2v) is 5.52. The largest absolute Gasteiger partial charge is 0.373 e. The van der Waals surface area contributed by atoms with E-state index in [0.717, 1.165) is 19.4 Å². The summed E-state index contributed by atoms with van der Waals surface area (Å²) in [7, 11) is 0. The first kappa shape index (κ1) is 13.2. The van der Waals surface area contributed by atoms with Crippen molar-refractivity contribution in [1.82, 2.24) is 4.98 Å². The van der Waals surface area contributed by atoms with Crippen molar-refractivity contribution in [1.29, 1.82) is 0 Å². The van der Waals surface area contributed by atoms with Gasteiger partial charge in [-0.05, 0) is 25.8 Å². The zero-order valence-electron chi connectivity index (χ0n) is 9.40. The number of pyridine rings is 1. The van der Waals surface area contributed by atoms with Crippen molar-refractivity contribution >= 4 is 40.6 Å². The van der Waals surface area contributed by atoms with Gasteiger partial charge in [-0.3, -0.25) is 0 Å². The fourth-order valence-corrected chi connectivity index (χ4v) is 2.38. The summed E-state index contributed by atoms with van der Waals surface area (Å²) < 4.78 is 5.66. The molecule has 2 rings (SSSR count). The molecule has 0 spiro atoms. The average Bonchev–Trinajstić information content (AvgIpc) is 2.69. The molecule has 1 aliphatic rings. The Bertz CT molecular complexity index is 419. The Balaban J connectivity index is 2.06. The van der Waals surface area contributed by atoms with E-state index in [1.807, 2.05) is 0 Å². The highest BCUT2D eigenvalue weighted by Gasteiger charge is 2.29. The van der Waals surface area contributed by atoms with Crippen molar-refractivity contribution in [3.8, 4) is 0 Å². The number of nitrogens with zero attached hydrogens (tertiary/aromatic N) is 1. The van der Waals surface area contributed by atoms with Crippen LogP contribution in [0.3, 0.4) is 0 Å². The standard InChI is InChI=1S/C11H13Cl3N2O/c1-11(3-2-4-17-11)6-15-10-8(13)5-7(12)9(14)16-10/h5H,2-4,6H2,1H3,(H,15,16). The van der Waals surface area contributed by atoms with E-state index in [1.54, 1.807) is 6.07 Å². The number of hydrogen-bond donors (Lipinski definition) is 1. The number of halogens is 3. The maximum atomic E-state index is 6.02. The number of ether oxygens (including phenoxy) is 1. The predicted molar refractivity (Wildman–Crippen MR) is 71.3 cm³/mol. The molecule has 0 bridgehead atoms. The third kappa shape index (κ3) is 3.16. The van der Waals surface area contributed by atoms with Crippen LogP contribution in [0.25, 0.3) is 0 Å². The summed E-state index contributed by atoms with van der Waals surface area (Å²) in [6.45, 7) is 3.52. The van der Waals surface area contributed by atoms with Crippen molar-refractivity contribution in [2.24, 2.45) is 0 Å². The van der Waals surface area contributed by atoms with Crippen LogP contribution < -0.4 is 5.32 Å². The fraction of sp³-hybridized carbons (Fsp3) is 0.545. The Morgan fingerprint density at radius 1 is 1.41 bits per heavy atom. The van der Waals surface area contributed by atoms with Gasteiger partial charge in [0, 0.05) is 13.2 Å². The van der Waals surface area contributed by atoms with Crippen molar-refractivity contribution in [2.75, 3.05) is 18.5 Å². The van der Waals surface area contributed by atoms with Crippen molar-refractivity contribution < 1.29 is 4.74 Å². The summed E-state index contributed by atoms with van der Waals surface area (Å²) in [5.41, 5.74) is -0.156. The van der Waals surface area contributed by atoms with E-state index in [-0.39, 0.29) is 10.8 Å². The van der Waals surface area contributed by atoms with Crippen molar-refractivity contribution in [2.45, 2.75) is 25.4 Å². The maximum absolute atomic E-state index is 6.02. The lowest BCUT2D eigenvalue weighted by molar-refractivity contribution is 0.0315. The molecule has 94 valence electrons. The molecule has 6 heteroatoms. The third-order valence-electron chi connectivity index (χ3n) is 2.82. The molecule has 0 aromatic carbocycles. The molecule has 1 fully saturated rings. The summed E-state index contributed by atoms with van der Waals surface area (Å²) in [5, 5.41) is 4.21. The Kier molecular flexibility index (Phi) is 4.03. The second-order valence-electron chi connectivity index (χ2n) is 4.35. The Morgan fingerprint density at radius 2 is 2.18 bits per heavy atom. The van der Waals surface area contributed by atoms with Gasteiger partial charge in [-0.15, -0.1) is 0 Å². The van der Waals surface area contributed by atoms with Crippen LogP contribution >= 0.6 is 34.8 Å². The minimum absolute atomic E-state index is 0.156. The van der Waals surface area contributed by atoms with Gasteiger partial charge in [0.2, 0.25) is 0 Å². The van der Waals surface area contributed by atoms with Crippen LogP contribution in [0.5, 0.6) is 0 Å². The van der Waals surface area contributed by atoms with Crippen LogP contribution in [0.15, 0.2) is 6.07 Å². The summed E-state index contributed by atoms with van der Waals surface area (Å²) >= 11 is 17.7. The first-order chi connectivity index (χ1) is 8.00. The second kappa shape index (κ2) is 5.19. The van der Waals surface area contributed by atoms with Gasteiger partial charge in [-0.25, -0.2) is 4.98 Å². The van der Waals surface area contributed by atoms with Crippen LogP contribution in [0.2, 0.25) is 15.2 Å². The zero-order chi connectivity index (χ0) is 12.5. The van der Waals surface area contributed by atoms with E-state index in [4.69, 9.17) is 39.5 Å². The quantitative estimate of drug-likeness (QED) is 0.855. The molecule has 2 heterocycles. The molecule has 0 saturated carbocycles. The minimum Gasteiger partial charge on any atom is -0.373 e. The number of nitrogens with one attached hydrogen (secondary N) is 1. The predicted octanol–water partition coefficient (Wildman–Crippen LogP) is 4.02. The topological polar surface area (TPSA) is 34.2 Å². The van der Waals surface area contributed by atoms with Gasteiger partial charge < -0.3 is 10.1 Å². The number of anilines is 1. The molecule has 0 aliphatic carbocycles. The normalized spacial score (nSPS) is 24.0. The molecule has 1 aliphatic heterocycles. The average molecular weight is 296 g/mol. The molecular weight excluding hydrogens is 282 g/mol. The molecule has 0 amide bonds. The Labute approximate surface area is 115 Å². The molecule has 0 radical (unpaired) electrons. The van der Waals surface area contributed by atoms with Crippen molar-refractivity contribution in [3.63, 3.8) is 0 Å². The summed E-state index contributed by atoms with van der Waals surface area (Å²) in [4.78, 5) is 4.10. The third-order valence-corrected chi connectivity index (χ3v) is 3.78. The van der Waals surface area contributed by atoms with E-state index in [0.29, 0.717) is 22.4 Å². The lowest BCUT2D eigenvalue weighted by Gasteiger charge is -2.24. The van der Waals surface area contributed by atoms with Crippen LogP contribution in [0.4, 0.5) is 5.82 Å². The minimum atomic E-state index is -0.156. The van der Waals surface area contributed by atoms with Crippen molar-refractivity contribution in [3.05, 3.63) is 21.3 Å². The van der Waals surface area contributed by atoms with E-state index in [1.165, 1.54) is 0 Å². The molecule has 1 aromatic heterocycles. The summed E-state index contributed by atoms with van der Waals surface area (Å²) in [6.07, 6.45) is 2.11. The molecule has 1 saturated heterocycles. The van der Waals surface area contributed by atoms with Gasteiger partial charge in [0.25, 0.3) is 0 Å². The number of rotatable bonds is 3. The first-order valence-corrected chi connectivity index (χ1v) is 6.53. The van der Waals surface area contributed by atoms with Crippen LogP contribution in [0.1, 0.15) is 19.8 Å². The van der Waals surface area contributed by atoms with Gasteiger partial charge in [-0.2, -0.15) is 0 Å². The lowest BCUT2D eigenvalue weighted by Crippen LogP contribution is -2.32. The van der Waals surface area contributed by atoms with E-state index < -0.39 is 0 Å². The van der Waals surface area contributed by atoms with Gasteiger partial charge in [0.05, 0.1) is 15.6 Å². The highest BCUT2D eigenvalue weighted by Crippen LogP contribution is 2.30. The smallest absolute Gasteiger partial charge is 0.150 e. The van der Waals surface area contributed by atoms with Crippen LogP contribution in [0, 0.1) is 0 Å². The Morgan fingerprint density at radius 3 is 2.82 bits per heavy atom. The highest BCUT2D eigenvalue weighted by atomic mass is 35.5. The molecule has 1 unspecified atom stereocenters. The molecule has 17 heavy (non-hydrogen) atoms. The summed E-state index contributed by atoms with van der Waals surface area (Å²) in [6, 6.07) is 1.58. The van der Waals surface area contributed by atoms with E-state index in [2.05, 4.69) is 17.2 Å². The fourth-order valence-electron chi connectivity index (χ4n) is 1.82. The van der Waals surface area contributed by atoms with Gasteiger partial charge in [-0.1, -0.05) is 34.8 Å². The SMILES string of the molecule is CC1(CNc2nc(Cl)c(Cl)cc2Cl)CCCO1. The Hall–Kier alpha value is -0.220. The van der Waals surface area contributed by atoms with Gasteiger partial charge in [0.15, 0.2) is 0 Å². The lowest BCUT2D eigenvalue weighted by atomic mass is 10.0. The number of hydrogen-bond acceptors (Lipinski definition) is 3. The zero-order valence-corrected chi connectivity index (χ0v) is 11.7. The molecule has 1 N–H and O–H groups in total. The van der Waals surface area contributed by atoms with E-state index in [9.17, 15) is 0 Å². The summed E-state index contributed by atoms with van der Waals surface area (Å²) in [5.74, 6) is 0.540.